The zero-order valence-electron chi connectivity index (χ0n) is 14.9. The molecular formula is C18H26N4OS2. The maximum Gasteiger partial charge on any atom is 0.233 e. The molecule has 0 aliphatic heterocycles. The van der Waals surface area contributed by atoms with Gasteiger partial charge in [0.05, 0.1) is 10.1 Å². The van der Waals surface area contributed by atoms with Crippen molar-refractivity contribution >= 4 is 29.0 Å². The predicted octanol–water partition coefficient (Wildman–Crippen LogP) is 4.35. The summed E-state index contributed by atoms with van der Waals surface area (Å²) in [5.74, 6) is 0.997. The fourth-order valence-electron chi connectivity index (χ4n) is 3.20. The molecule has 0 spiro atoms. The number of hydrogen-bond donors (Lipinski definition) is 1. The average Bonchev–Trinajstić information content (AvgIpc) is 3.19. The normalized spacial score (nSPS) is 17.2. The summed E-state index contributed by atoms with van der Waals surface area (Å²) in [6.07, 6.45) is 7.25. The van der Waals surface area contributed by atoms with Gasteiger partial charge in [-0.3, -0.25) is 4.79 Å². The third-order valence-electron chi connectivity index (χ3n) is 4.63. The number of aromatic nitrogens is 3. The second-order valence-corrected chi connectivity index (χ2v) is 8.74. The fourth-order valence-corrected chi connectivity index (χ4v) is 4.84. The molecule has 1 N–H and O–H groups in total. The zero-order chi connectivity index (χ0) is 17.6. The Balaban J connectivity index is 1.64. The molecule has 1 aliphatic rings. The van der Waals surface area contributed by atoms with E-state index in [0.717, 1.165) is 35.2 Å². The molecule has 25 heavy (non-hydrogen) atoms. The number of thioether (sulfide) groups is 1. The molecule has 3 rings (SSSR count). The predicted molar refractivity (Wildman–Crippen MR) is 104 cm³/mol. The molecule has 2 aromatic heterocycles. The standard InChI is InChI=1S/C18H26N4OS2/c1-3-22-16(15-11-8-12-24-15)20-21-18(22)25-13(2)17(23)19-14-9-6-4-5-7-10-14/h8,11-14H,3-7,9-10H2,1-2H3,(H,19,23)/t13-/m0/s1. The molecule has 0 unspecified atom stereocenters. The lowest BCUT2D eigenvalue weighted by Gasteiger charge is -2.19. The van der Waals surface area contributed by atoms with Crippen molar-refractivity contribution in [1.29, 1.82) is 0 Å². The van der Waals surface area contributed by atoms with E-state index in [4.69, 9.17) is 0 Å². The van der Waals surface area contributed by atoms with Crippen molar-refractivity contribution < 1.29 is 4.79 Å². The minimum Gasteiger partial charge on any atom is -0.352 e. The van der Waals surface area contributed by atoms with Crippen molar-refractivity contribution in [3.63, 3.8) is 0 Å². The van der Waals surface area contributed by atoms with Gasteiger partial charge in [-0.2, -0.15) is 0 Å². The van der Waals surface area contributed by atoms with Gasteiger partial charge >= 0.3 is 0 Å². The number of hydrogen-bond acceptors (Lipinski definition) is 5. The first-order chi connectivity index (χ1) is 12.2. The molecule has 1 saturated carbocycles. The van der Waals surface area contributed by atoms with Crippen LogP contribution in [0.3, 0.4) is 0 Å². The largest absolute Gasteiger partial charge is 0.352 e. The highest BCUT2D eigenvalue weighted by Gasteiger charge is 2.23. The third kappa shape index (κ3) is 4.64. The number of rotatable bonds is 6. The van der Waals surface area contributed by atoms with E-state index in [1.165, 1.54) is 37.4 Å². The Bertz CT molecular complexity index is 675. The minimum absolute atomic E-state index is 0.111. The van der Waals surface area contributed by atoms with Gasteiger partial charge in [-0.05, 0) is 38.1 Å². The van der Waals surface area contributed by atoms with Crippen molar-refractivity contribution in [2.75, 3.05) is 0 Å². The van der Waals surface area contributed by atoms with Gasteiger partial charge in [0.2, 0.25) is 5.91 Å². The highest BCUT2D eigenvalue weighted by atomic mass is 32.2. The number of nitrogens with zero attached hydrogens (tertiary/aromatic N) is 3. The van der Waals surface area contributed by atoms with E-state index >= 15 is 0 Å². The van der Waals surface area contributed by atoms with E-state index in [2.05, 4.69) is 33.1 Å². The molecule has 7 heteroatoms. The lowest BCUT2D eigenvalue weighted by molar-refractivity contribution is -0.121. The van der Waals surface area contributed by atoms with Gasteiger partial charge in [0, 0.05) is 12.6 Å². The number of carbonyl (C=O) groups excluding carboxylic acids is 1. The quantitative estimate of drug-likeness (QED) is 0.600. The van der Waals surface area contributed by atoms with Gasteiger partial charge in [0.1, 0.15) is 0 Å². The molecule has 0 saturated heterocycles. The summed E-state index contributed by atoms with van der Waals surface area (Å²) in [7, 11) is 0. The van der Waals surface area contributed by atoms with Crippen LogP contribution < -0.4 is 5.32 Å². The van der Waals surface area contributed by atoms with Gasteiger partial charge in [-0.15, -0.1) is 21.5 Å². The Hall–Kier alpha value is -1.34. The average molecular weight is 379 g/mol. The van der Waals surface area contributed by atoms with Crippen molar-refractivity contribution in [3.8, 4) is 10.7 Å². The molecule has 1 amide bonds. The van der Waals surface area contributed by atoms with Crippen molar-refractivity contribution in [3.05, 3.63) is 17.5 Å². The fraction of sp³-hybridized carbons (Fsp3) is 0.611. The van der Waals surface area contributed by atoms with Crippen LogP contribution in [0.5, 0.6) is 0 Å². The Morgan fingerprint density at radius 3 is 2.76 bits per heavy atom. The summed E-state index contributed by atoms with van der Waals surface area (Å²) in [5, 5.41) is 14.6. The van der Waals surface area contributed by atoms with Gasteiger partial charge in [-0.25, -0.2) is 0 Å². The summed E-state index contributed by atoms with van der Waals surface area (Å²) in [5.41, 5.74) is 0. The van der Waals surface area contributed by atoms with E-state index in [0.29, 0.717) is 6.04 Å². The molecule has 0 aromatic carbocycles. The van der Waals surface area contributed by atoms with Crippen LogP contribution in [0.2, 0.25) is 0 Å². The monoisotopic (exact) mass is 378 g/mol. The van der Waals surface area contributed by atoms with Crippen LogP contribution >= 0.6 is 23.1 Å². The topological polar surface area (TPSA) is 59.8 Å². The van der Waals surface area contributed by atoms with Crippen molar-refractivity contribution in [2.45, 2.75) is 75.4 Å². The van der Waals surface area contributed by atoms with Gasteiger partial charge < -0.3 is 9.88 Å². The highest BCUT2D eigenvalue weighted by molar-refractivity contribution is 8.00. The summed E-state index contributed by atoms with van der Waals surface area (Å²) < 4.78 is 2.09. The minimum atomic E-state index is -0.172. The van der Waals surface area contributed by atoms with E-state index < -0.39 is 0 Å². The van der Waals surface area contributed by atoms with E-state index in [1.54, 1.807) is 11.3 Å². The molecule has 1 atom stereocenters. The molecule has 2 heterocycles. The third-order valence-corrected chi connectivity index (χ3v) is 6.57. The van der Waals surface area contributed by atoms with Crippen LogP contribution in [0.15, 0.2) is 22.7 Å². The summed E-state index contributed by atoms with van der Waals surface area (Å²) in [6, 6.07) is 4.41. The number of amides is 1. The number of nitrogens with one attached hydrogen (secondary N) is 1. The molecule has 2 aromatic rings. The Labute approximate surface area is 157 Å². The molecule has 1 aliphatic carbocycles. The SMILES string of the molecule is CCn1c(S[C@@H](C)C(=O)NC2CCCCCC2)nnc1-c1cccs1. The van der Waals surface area contributed by atoms with Gasteiger partial charge in [0.15, 0.2) is 11.0 Å². The highest BCUT2D eigenvalue weighted by Crippen LogP contribution is 2.29. The second kappa shape index (κ2) is 8.85. The van der Waals surface area contributed by atoms with Crippen LogP contribution in [0.4, 0.5) is 0 Å². The maximum absolute atomic E-state index is 12.6. The van der Waals surface area contributed by atoms with Crippen LogP contribution in [0.1, 0.15) is 52.4 Å². The molecular weight excluding hydrogens is 352 g/mol. The lowest BCUT2D eigenvalue weighted by Crippen LogP contribution is -2.39. The molecule has 0 bridgehead atoms. The molecule has 5 nitrogen and oxygen atoms in total. The van der Waals surface area contributed by atoms with Crippen molar-refractivity contribution in [2.24, 2.45) is 0 Å². The van der Waals surface area contributed by atoms with E-state index in [-0.39, 0.29) is 11.2 Å². The number of thiophene rings is 1. The van der Waals surface area contributed by atoms with Crippen LogP contribution in [-0.4, -0.2) is 32.0 Å². The smallest absolute Gasteiger partial charge is 0.233 e. The molecule has 0 radical (unpaired) electrons. The van der Waals surface area contributed by atoms with Gasteiger partial charge in [-0.1, -0.05) is 43.5 Å². The summed E-state index contributed by atoms with van der Waals surface area (Å²) in [4.78, 5) is 13.7. The van der Waals surface area contributed by atoms with Crippen molar-refractivity contribution in [1.82, 2.24) is 20.1 Å². The van der Waals surface area contributed by atoms with Gasteiger partial charge in [0.25, 0.3) is 0 Å². The van der Waals surface area contributed by atoms with Crippen LogP contribution in [0, 0.1) is 0 Å². The Kier molecular flexibility index (Phi) is 6.53. The van der Waals surface area contributed by atoms with E-state index in [9.17, 15) is 4.79 Å². The first-order valence-electron chi connectivity index (χ1n) is 9.13. The summed E-state index contributed by atoms with van der Waals surface area (Å²) in [6.45, 7) is 4.83. The van der Waals surface area contributed by atoms with E-state index in [1.807, 2.05) is 18.4 Å². The second-order valence-electron chi connectivity index (χ2n) is 6.48. The molecule has 136 valence electrons. The van der Waals surface area contributed by atoms with Crippen LogP contribution in [0.25, 0.3) is 10.7 Å². The van der Waals surface area contributed by atoms with Crippen LogP contribution in [-0.2, 0) is 11.3 Å². The molecule has 1 fully saturated rings. The Morgan fingerprint density at radius 2 is 2.12 bits per heavy atom. The first-order valence-corrected chi connectivity index (χ1v) is 10.9. The number of carbonyl (C=O) groups is 1. The lowest BCUT2D eigenvalue weighted by atomic mass is 10.1. The first kappa shape index (κ1) is 18.5. The zero-order valence-corrected chi connectivity index (χ0v) is 16.5. The summed E-state index contributed by atoms with van der Waals surface area (Å²) >= 11 is 3.15. The maximum atomic E-state index is 12.6. The Morgan fingerprint density at radius 1 is 1.36 bits per heavy atom.